The molecule has 2 aliphatic carbocycles. The fraction of sp³-hybridized carbons (Fsp3) is 0.345. The maximum Gasteiger partial charge on any atom is 0.387 e. The molecule has 2 atom stereocenters. The van der Waals surface area contributed by atoms with Crippen LogP contribution in [-0.4, -0.2) is 49.6 Å². The molecule has 1 fully saturated rings. The third-order valence-corrected chi connectivity index (χ3v) is 8.29. The number of nitrogens with zero attached hydrogens (tertiary/aromatic N) is 4. The maximum absolute atomic E-state index is 15.5. The number of hydrogen-bond acceptors (Lipinski definition) is 6. The van der Waals surface area contributed by atoms with E-state index >= 15 is 8.78 Å². The lowest BCUT2D eigenvalue weighted by atomic mass is 9.65. The number of halogens is 4. The van der Waals surface area contributed by atoms with Gasteiger partial charge in [-0.1, -0.05) is 6.07 Å². The Bertz CT molecular complexity index is 1870. The van der Waals surface area contributed by atoms with Crippen LogP contribution >= 0.6 is 0 Å². The van der Waals surface area contributed by atoms with Crippen molar-refractivity contribution in [1.29, 1.82) is 0 Å². The van der Waals surface area contributed by atoms with E-state index in [0.717, 1.165) is 12.3 Å². The Kier molecular flexibility index (Phi) is 4.69. The Morgan fingerprint density at radius 2 is 1.98 bits per heavy atom. The smallest absolute Gasteiger partial charge is 0.387 e. The Labute approximate surface area is 235 Å². The van der Waals surface area contributed by atoms with Gasteiger partial charge < -0.3 is 20.5 Å². The van der Waals surface area contributed by atoms with Crippen molar-refractivity contribution in [1.82, 2.24) is 19.5 Å². The summed E-state index contributed by atoms with van der Waals surface area (Å²) in [6.07, 6.45) is 2.47. The summed E-state index contributed by atoms with van der Waals surface area (Å²) in [6, 6.07) is 5.32. The number of nitrogens with two attached hydrogens (primary N) is 1. The summed E-state index contributed by atoms with van der Waals surface area (Å²) < 4.78 is 88.0. The fourth-order valence-corrected chi connectivity index (χ4v) is 6.81. The van der Waals surface area contributed by atoms with E-state index in [4.69, 9.17) is 14.6 Å². The maximum atomic E-state index is 15.5. The molecule has 0 radical (unpaired) electrons. The minimum absolute atomic E-state index is 0.00510. The summed E-state index contributed by atoms with van der Waals surface area (Å²) in [5.41, 5.74) is 4.41. The van der Waals surface area contributed by atoms with Gasteiger partial charge in [-0.25, -0.2) is 13.3 Å². The molecular weight excluding hydrogens is 542 g/mol. The first kappa shape index (κ1) is 22.6. The molecule has 1 aliphatic heterocycles. The van der Waals surface area contributed by atoms with Gasteiger partial charge >= 0.3 is 6.61 Å². The van der Waals surface area contributed by atoms with E-state index in [-0.39, 0.29) is 58.7 Å². The Morgan fingerprint density at radius 3 is 2.66 bits per heavy atom. The van der Waals surface area contributed by atoms with Crippen LogP contribution < -0.4 is 10.5 Å². The predicted octanol–water partition coefficient (Wildman–Crippen LogP) is 4.64. The molecular formula is C29H25F4N5O3. The summed E-state index contributed by atoms with van der Waals surface area (Å²) >= 11 is 0. The molecule has 2 bridgehead atoms. The summed E-state index contributed by atoms with van der Waals surface area (Å²) in [5, 5.41) is 15.2. The molecule has 4 heterocycles. The molecule has 1 saturated carbocycles. The van der Waals surface area contributed by atoms with Crippen LogP contribution in [0.4, 0.5) is 17.6 Å². The molecule has 0 saturated heterocycles. The second-order valence-corrected chi connectivity index (χ2v) is 11.3. The number of hydrogen-bond donors (Lipinski definition) is 2. The van der Waals surface area contributed by atoms with Crippen molar-refractivity contribution in [2.75, 3.05) is 6.98 Å². The van der Waals surface area contributed by atoms with E-state index in [0.29, 0.717) is 16.0 Å². The Morgan fingerprint density at radius 1 is 1.20 bits per heavy atom. The minimum Gasteiger partial charge on any atom is -0.434 e. The first-order valence-electron chi connectivity index (χ1n) is 14.4. The zero-order chi connectivity index (χ0) is 31.5. The fourth-order valence-electron chi connectivity index (χ4n) is 6.81. The van der Waals surface area contributed by atoms with Crippen molar-refractivity contribution in [3.8, 4) is 16.9 Å². The third kappa shape index (κ3) is 3.77. The van der Waals surface area contributed by atoms with Gasteiger partial charge in [-0.3, -0.25) is 9.78 Å². The minimum atomic E-state index is -3.22. The van der Waals surface area contributed by atoms with E-state index in [1.165, 1.54) is 35.0 Å². The highest BCUT2D eigenvalue weighted by Gasteiger charge is 2.52. The van der Waals surface area contributed by atoms with Crippen LogP contribution in [0.5, 0.6) is 5.75 Å². The normalized spacial score (nSPS) is 28.0. The quantitative estimate of drug-likeness (QED) is 0.347. The number of fused-ring (bicyclic) bond motifs is 9. The Balaban J connectivity index is 1.40. The molecule has 7 rings (SSSR count). The zero-order valence-corrected chi connectivity index (χ0v) is 21.5. The van der Waals surface area contributed by atoms with Crippen molar-refractivity contribution in [3.63, 3.8) is 0 Å². The molecule has 0 unspecified atom stereocenters. The second-order valence-electron chi connectivity index (χ2n) is 11.3. The zero-order valence-electron chi connectivity index (χ0n) is 24.5. The average Bonchev–Trinajstić information content (AvgIpc) is 3.38. The lowest BCUT2D eigenvalue weighted by Crippen LogP contribution is -2.58. The number of ether oxygens (including phenoxy) is 1. The topological polar surface area (TPSA) is 106 Å². The summed E-state index contributed by atoms with van der Waals surface area (Å²) in [4.78, 5) is 18.4. The van der Waals surface area contributed by atoms with Crippen LogP contribution in [0.2, 0.25) is 0 Å². The molecule has 1 aromatic carbocycles. The monoisotopic (exact) mass is 570 g/mol. The van der Waals surface area contributed by atoms with E-state index in [9.17, 15) is 18.7 Å². The number of benzene rings is 1. The number of alkyl halides is 2. The van der Waals surface area contributed by atoms with Crippen LogP contribution in [-0.2, 0) is 5.60 Å². The van der Waals surface area contributed by atoms with Crippen molar-refractivity contribution < 1.29 is 36.3 Å². The molecule has 3 aliphatic rings. The number of pyridine rings is 2. The number of carbonyl (C=O) groups is 1. The van der Waals surface area contributed by atoms with Gasteiger partial charge in [0.05, 0.1) is 23.4 Å². The highest BCUT2D eigenvalue weighted by atomic mass is 19.3. The van der Waals surface area contributed by atoms with Crippen LogP contribution in [0.25, 0.3) is 16.6 Å². The first-order chi connectivity index (χ1) is 20.6. The van der Waals surface area contributed by atoms with Crippen LogP contribution in [0.3, 0.4) is 0 Å². The summed E-state index contributed by atoms with van der Waals surface area (Å²) in [7, 11) is 0. The molecule has 0 spiro atoms. The van der Waals surface area contributed by atoms with Gasteiger partial charge in [-0.15, -0.1) is 0 Å². The molecule has 12 heteroatoms. The van der Waals surface area contributed by atoms with Crippen molar-refractivity contribution in [2.24, 2.45) is 5.73 Å². The van der Waals surface area contributed by atoms with E-state index in [1.807, 2.05) is 0 Å². The summed E-state index contributed by atoms with van der Waals surface area (Å²) in [6.45, 7) is -4.41. The highest BCUT2D eigenvalue weighted by molar-refractivity contribution is 5.98. The van der Waals surface area contributed by atoms with Crippen molar-refractivity contribution in [3.05, 3.63) is 82.4 Å². The largest absolute Gasteiger partial charge is 0.434 e. The molecule has 3 aromatic heterocycles. The number of amides is 1. The second kappa shape index (κ2) is 8.49. The lowest BCUT2D eigenvalue weighted by molar-refractivity contribution is -0.0923. The predicted molar refractivity (Wildman–Crippen MR) is 138 cm³/mol. The van der Waals surface area contributed by atoms with Gasteiger partial charge in [0.2, 0.25) is 0 Å². The van der Waals surface area contributed by atoms with E-state index in [1.54, 1.807) is 6.92 Å². The van der Waals surface area contributed by atoms with Gasteiger partial charge in [-0.05, 0) is 50.5 Å². The molecule has 1 amide bonds. The van der Waals surface area contributed by atoms with Crippen LogP contribution in [0.15, 0.2) is 42.7 Å². The molecule has 41 heavy (non-hydrogen) atoms. The first-order valence-corrected chi connectivity index (χ1v) is 12.9. The average molecular weight is 571 g/mol. The van der Waals surface area contributed by atoms with Gasteiger partial charge in [0.1, 0.15) is 28.7 Å². The molecule has 3 N–H and O–H groups in total. The van der Waals surface area contributed by atoms with Gasteiger partial charge in [0.15, 0.2) is 0 Å². The number of rotatable bonds is 4. The van der Waals surface area contributed by atoms with Gasteiger partial charge in [0, 0.05) is 56.6 Å². The molecule has 4 aromatic rings. The lowest BCUT2D eigenvalue weighted by Gasteiger charge is -2.48. The van der Waals surface area contributed by atoms with E-state index < -0.39 is 54.2 Å². The van der Waals surface area contributed by atoms with E-state index in [2.05, 4.69) is 10.1 Å². The summed E-state index contributed by atoms with van der Waals surface area (Å²) in [5.74, 6) is -3.66. The van der Waals surface area contributed by atoms with Crippen LogP contribution in [0, 0.1) is 11.6 Å². The van der Waals surface area contributed by atoms with Crippen LogP contribution in [0.1, 0.15) is 75.1 Å². The Hall–Kier alpha value is -4.03. The SMILES string of the molecule is [2H]C([2H])([2H])N1C(=O)c2cccc(OC(F)F)c2[C@H]2C[C@@H]1c1nn3cc(F)c(-c4cnc(C5(O)CC(C)(N)C5)c(F)c4)cc3c12. The number of aliphatic hydroxyl groups is 1. The van der Waals surface area contributed by atoms with Crippen molar-refractivity contribution in [2.45, 2.75) is 55.9 Å². The van der Waals surface area contributed by atoms with Crippen molar-refractivity contribution >= 4 is 11.4 Å². The number of carbonyl (C=O) groups excluding carboxylic acids is 1. The molecule has 212 valence electrons. The third-order valence-electron chi connectivity index (χ3n) is 8.29. The number of aromatic nitrogens is 3. The molecule has 8 nitrogen and oxygen atoms in total. The highest BCUT2D eigenvalue weighted by Crippen LogP contribution is 2.54. The van der Waals surface area contributed by atoms with Gasteiger partial charge in [-0.2, -0.15) is 13.9 Å². The van der Waals surface area contributed by atoms with Gasteiger partial charge in [0.25, 0.3) is 5.91 Å². The standard InChI is InChI=1S/C29H25F4N5O3/c1-28(34)11-29(40,12-28)25-17(30)6-13(9-35-25)15-7-19-23-16-8-20(24(23)36-38(19)10-18(15)31)37(2)26(39)14-4-3-5-21(22(14)16)41-27(32)33/h3-7,9-10,16,20,27,40H,8,11-12,34H2,1-2H3/t16-,20-,28?,29?/m1/s1/i2D3.